The molecule has 1 aliphatic heterocycles. The van der Waals surface area contributed by atoms with Crippen LogP contribution in [0, 0.1) is 11.3 Å². The van der Waals surface area contributed by atoms with E-state index in [1.165, 1.54) is 0 Å². The molecule has 1 unspecified atom stereocenters. The highest BCUT2D eigenvalue weighted by atomic mass is 35.5. The van der Waals surface area contributed by atoms with E-state index in [0.717, 1.165) is 43.0 Å². The van der Waals surface area contributed by atoms with Crippen LogP contribution in [0.4, 0.5) is 0 Å². The van der Waals surface area contributed by atoms with Crippen molar-refractivity contribution in [2.45, 2.75) is 25.8 Å². The highest BCUT2D eigenvalue weighted by Crippen LogP contribution is 2.58. The number of thiazole rings is 1. The van der Waals surface area contributed by atoms with E-state index in [2.05, 4.69) is 15.6 Å². The Hall–Kier alpha value is -0.820. The maximum absolute atomic E-state index is 12.2. The van der Waals surface area contributed by atoms with Crippen LogP contribution < -0.4 is 10.6 Å². The van der Waals surface area contributed by atoms with Crippen molar-refractivity contribution >= 4 is 47.0 Å². The van der Waals surface area contributed by atoms with Gasteiger partial charge in [0.1, 0.15) is 0 Å². The number of rotatable bonds is 3. The number of nitrogens with zero attached hydrogens (tertiary/aromatic N) is 2. The number of nitrogens with one attached hydrogen (secondary N) is 2. The van der Waals surface area contributed by atoms with Gasteiger partial charge in [0.25, 0.3) is 0 Å². The Morgan fingerprint density at radius 2 is 2.23 bits per heavy atom. The van der Waals surface area contributed by atoms with Crippen LogP contribution in [-0.4, -0.2) is 28.4 Å². The maximum atomic E-state index is 12.2. The van der Waals surface area contributed by atoms with E-state index in [4.69, 9.17) is 0 Å². The molecule has 0 bridgehead atoms. The number of amides is 1. The minimum absolute atomic E-state index is 0. The zero-order chi connectivity index (χ0) is 13.6. The average molecular weight is 363 g/mol. The molecule has 2 fully saturated rings. The predicted octanol–water partition coefficient (Wildman–Crippen LogP) is 2.25. The maximum Gasteiger partial charge on any atom is 0.224 e. The summed E-state index contributed by atoms with van der Waals surface area (Å²) in [6, 6.07) is 0. The Morgan fingerprint density at radius 3 is 2.95 bits per heavy atom. The molecule has 1 amide bonds. The van der Waals surface area contributed by atoms with Crippen molar-refractivity contribution < 1.29 is 4.79 Å². The third-order valence-corrected chi connectivity index (χ3v) is 5.46. The van der Waals surface area contributed by atoms with Crippen molar-refractivity contribution in [2.24, 2.45) is 11.3 Å². The second-order valence-corrected chi connectivity index (χ2v) is 6.78. The van der Waals surface area contributed by atoms with Crippen molar-refractivity contribution in [3.8, 4) is 0 Å². The molecule has 1 saturated carbocycles. The Balaban J connectivity index is 0.000000882. The highest BCUT2D eigenvalue weighted by Gasteiger charge is 2.57. The first-order valence-electron chi connectivity index (χ1n) is 7.16. The molecule has 4 rings (SSSR count). The fourth-order valence-electron chi connectivity index (χ4n) is 3.36. The van der Waals surface area contributed by atoms with Gasteiger partial charge >= 0.3 is 0 Å². The van der Waals surface area contributed by atoms with E-state index >= 15 is 0 Å². The number of carbonyl (C=O) groups excluding carboxylic acids is 1. The first kappa shape index (κ1) is 17.5. The molecule has 2 aromatic rings. The molecule has 3 heterocycles. The Kier molecular flexibility index (Phi) is 5.37. The Bertz CT molecular complexity index is 622. The third-order valence-electron chi connectivity index (χ3n) is 4.69. The monoisotopic (exact) mass is 362 g/mol. The van der Waals surface area contributed by atoms with Crippen molar-refractivity contribution in [3.63, 3.8) is 0 Å². The van der Waals surface area contributed by atoms with E-state index in [0.29, 0.717) is 12.0 Å². The van der Waals surface area contributed by atoms with Gasteiger partial charge in [0.05, 0.1) is 12.2 Å². The lowest BCUT2D eigenvalue weighted by atomic mass is 9.92. The Labute approximate surface area is 145 Å². The van der Waals surface area contributed by atoms with Crippen LogP contribution in [0.1, 0.15) is 25.0 Å². The van der Waals surface area contributed by atoms with Crippen LogP contribution in [0.5, 0.6) is 0 Å². The highest BCUT2D eigenvalue weighted by molar-refractivity contribution is 7.15. The molecule has 1 spiro atoms. The molecule has 2 aromatic heterocycles. The first-order chi connectivity index (χ1) is 9.77. The topological polar surface area (TPSA) is 58.4 Å². The van der Waals surface area contributed by atoms with E-state index in [1.54, 1.807) is 11.3 Å². The summed E-state index contributed by atoms with van der Waals surface area (Å²) in [7, 11) is 0. The largest absolute Gasteiger partial charge is 0.350 e. The van der Waals surface area contributed by atoms with Crippen LogP contribution in [0.15, 0.2) is 17.8 Å². The summed E-state index contributed by atoms with van der Waals surface area (Å²) >= 11 is 1.61. The SMILES string of the molecule is Cl.Cl.O=C(NCc1cn2ccsc2n1)C1CC12CCNCC2. The van der Waals surface area contributed by atoms with Crippen LogP contribution >= 0.6 is 36.2 Å². The van der Waals surface area contributed by atoms with Crippen molar-refractivity contribution in [2.75, 3.05) is 13.1 Å². The smallest absolute Gasteiger partial charge is 0.224 e. The number of imidazole rings is 1. The second kappa shape index (κ2) is 6.74. The minimum atomic E-state index is 0. The van der Waals surface area contributed by atoms with Crippen molar-refractivity contribution in [3.05, 3.63) is 23.5 Å². The van der Waals surface area contributed by atoms with Gasteiger partial charge in [0.15, 0.2) is 4.96 Å². The first-order valence-corrected chi connectivity index (χ1v) is 8.04. The van der Waals surface area contributed by atoms with Gasteiger partial charge in [-0.2, -0.15) is 0 Å². The number of hydrogen-bond acceptors (Lipinski definition) is 4. The molecule has 0 radical (unpaired) electrons. The number of halogens is 2. The van der Waals surface area contributed by atoms with Crippen molar-refractivity contribution in [1.29, 1.82) is 0 Å². The molecular weight excluding hydrogens is 343 g/mol. The Morgan fingerprint density at radius 1 is 1.45 bits per heavy atom. The zero-order valence-corrected chi connectivity index (χ0v) is 14.5. The van der Waals surface area contributed by atoms with Gasteiger partial charge in [-0.25, -0.2) is 4.98 Å². The van der Waals surface area contributed by atoms with Gasteiger partial charge < -0.3 is 10.6 Å². The standard InChI is InChI=1S/C14H18N4OS.2ClH/c19-12(11-7-14(11)1-3-15-4-2-14)16-8-10-9-18-5-6-20-13(18)17-10;;/h5-6,9,11,15H,1-4,7-8H2,(H,16,19);2*1H. The summed E-state index contributed by atoms with van der Waals surface area (Å²) in [6.45, 7) is 2.65. The van der Waals surface area contributed by atoms with Gasteiger partial charge in [-0.05, 0) is 37.8 Å². The molecule has 2 N–H and O–H groups in total. The van der Waals surface area contributed by atoms with E-state index in [1.807, 2.05) is 22.2 Å². The van der Waals surface area contributed by atoms with Gasteiger partial charge in [0, 0.05) is 23.7 Å². The molecule has 2 aliphatic rings. The average Bonchev–Trinajstić information content (AvgIpc) is 2.82. The summed E-state index contributed by atoms with van der Waals surface area (Å²) in [5.74, 6) is 0.441. The van der Waals surface area contributed by atoms with Gasteiger partial charge in [0.2, 0.25) is 5.91 Å². The quantitative estimate of drug-likeness (QED) is 0.880. The van der Waals surface area contributed by atoms with Crippen molar-refractivity contribution in [1.82, 2.24) is 20.0 Å². The lowest BCUT2D eigenvalue weighted by Gasteiger charge is -2.23. The van der Waals surface area contributed by atoms with Gasteiger partial charge in [-0.15, -0.1) is 36.2 Å². The molecule has 1 saturated heterocycles. The zero-order valence-electron chi connectivity index (χ0n) is 12.1. The van der Waals surface area contributed by atoms with Crippen LogP contribution in [-0.2, 0) is 11.3 Å². The predicted molar refractivity (Wildman–Crippen MR) is 92.1 cm³/mol. The molecule has 22 heavy (non-hydrogen) atoms. The number of aromatic nitrogens is 2. The van der Waals surface area contributed by atoms with Gasteiger partial charge in [-0.1, -0.05) is 0 Å². The van der Waals surface area contributed by atoms with Crippen LogP contribution in [0.2, 0.25) is 0 Å². The summed E-state index contributed by atoms with van der Waals surface area (Å²) in [6.07, 6.45) is 7.33. The molecule has 1 aliphatic carbocycles. The van der Waals surface area contributed by atoms with E-state index < -0.39 is 0 Å². The third kappa shape index (κ3) is 3.11. The van der Waals surface area contributed by atoms with Gasteiger partial charge in [-0.3, -0.25) is 9.20 Å². The van der Waals surface area contributed by atoms with Crippen LogP contribution in [0.3, 0.4) is 0 Å². The normalized spacial score (nSPS) is 21.9. The number of piperidine rings is 1. The molecule has 1 atom stereocenters. The fourth-order valence-corrected chi connectivity index (χ4v) is 4.08. The lowest BCUT2D eigenvalue weighted by molar-refractivity contribution is -0.123. The molecule has 122 valence electrons. The number of hydrogen-bond donors (Lipinski definition) is 2. The van der Waals surface area contributed by atoms with Crippen LogP contribution in [0.25, 0.3) is 4.96 Å². The van der Waals surface area contributed by atoms with E-state index in [-0.39, 0.29) is 36.6 Å². The summed E-state index contributed by atoms with van der Waals surface area (Å²) in [5.41, 5.74) is 1.24. The minimum Gasteiger partial charge on any atom is -0.350 e. The number of fused-ring (bicyclic) bond motifs is 1. The lowest BCUT2D eigenvalue weighted by Crippen LogP contribution is -2.33. The summed E-state index contributed by atoms with van der Waals surface area (Å²) in [5, 5.41) is 8.43. The molecule has 0 aromatic carbocycles. The fraction of sp³-hybridized carbons (Fsp3) is 0.571. The molecule has 8 heteroatoms. The summed E-state index contributed by atoms with van der Waals surface area (Å²) < 4.78 is 2.00. The second-order valence-electron chi connectivity index (χ2n) is 5.91. The molecule has 5 nitrogen and oxygen atoms in total. The summed E-state index contributed by atoms with van der Waals surface area (Å²) in [4.78, 5) is 17.7. The molecular formula is C14H20Cl2N4OS. The van der Waals surface area contributed by atoms with E-state index in [9.17, 15) is 4.79 Å². The number of carbonyl (C=O) groups is 1.